The number of hydrogen-bond donors (Lipinski definition) is 2. The van der Waals surface area contributed by atoms with Crippen LogP contribution in [0.1, 0.15) is 11.1 Å². The van der Waals surface area contributed by atoms with Crippen molar-refractivity contribution < 1.29 is 9.94 Å². The van der Waals surface area contributed by atoms with Gasteiger partial charge in [0.2, 0.25) is 0 Å². The molecular weight excluding hydrogens is 216 g/mol. The van der Waals surface area contributed by atoms with Crippen LogP contribution in [0.15, 0.2) is 23.4 Å². The largest absolute Gasteiger partial charge is 0.497 e. The molecule has 0 aromatic heterocycles. The van der Waals surface area contributed by atoms with Crippen LogP contribution in [0.25, 0.3) is 11.6 Å². The summed E-state index contributed by atoms with van der Waals surface area (Å²) >= 11 is 0. The Kier molecular flexibility index (Phi) is 3.21. The lowest BCUT2D eigenvalue weighted by Crippen LogP contribution is -2.18. The van der Waals surface area contributed by atoms with Crippen LogP contribution in [0.3, 0.4) is 0 Å². The summed E-state index contributed by atoms with van der Waals surface area (Å²) in [6.45, 7) is 0. The Labute approximate surface area is 93.4 Å². The van der Waals surface area contributed by atoms with Crippen LogP contribution >= 0.6 is 12.4 Å². The van der Waals surface area contributed by atoms with Gasteiger partial charge in [0.25, 0.3) is 0 Å². The lowest BCUT2D eigenvalue weighted by molar-refractivity contribution is 0.319. The van der Waals surface area contributed by atoms with Gasteiger partial charge in [-0.1, -0.05) is 11.2 Å². The second kappa shape index (κ2) is 4.23. The summed E-state index contributed by atoms with van der Waals surface area (Å²) in [5, 5.41) is 11.5. The molecule has 0 atom stereocenters. The molecule has 1 aliphatic rings. The second-order valence-electron chi connectivity index (χ2n) is 3.00. The Bertz CT molecular complexity index is 441. The summed E-state index contributed by atoms with van der Waals surface area (Å²) in [6, 6.07) is 5.67. The van der Waals surface area contributed by atoms with E-state index in [0.717, 1.165) is 22.4 Å². The summed E-state index contributed by atoms with van der Waals surface area (Å²) in [7, 11) is 1.60. The zero-order valence-electron chi connectivity index (χ0n) is 8.10. The zero-order chi connectivity index (χ0) is 10.1. The molecule has 0 radical (unpaired) electrons. The maximum absolute atomic E-state index is 8.51. The molecule has 0 bridgehead atoms. The fourth-order valence-corrected chi connectivity index (χ4v) is 1.44. The van der Waals surface area contributed by atoms with Crippen molar-refractivity contribution >= 4 is 29.9 Å². The molecule has 0 saturated heterocycles. The fourth-order valence-electron chi connectivity index (χ4n) is 1.44. The minimum absolute atomic E-state index is 0. The average molecular weight is 227 g/mol. The molecule has 1 aliphatic carbocycles. The molecule has 0 heterocycles. The molecule has 15 heavy (non-hydrogen) atoms. The van der Waals surface area contributed by atoms with Crippen LogP contribution in [0, 0.1) is 0 Å². The highest BCUT2D eigenvalue weighted by Crippen LogP contribution is 2.34. The van der Waals surface area contributed by atoms with E-state index in [1.807, 2.05) is 24.3 Å². The molecule has 2 rings (SSSR count). The van der Waals surface area contributed by atoms with E-state index in [1.54, 1.807) is 7.11 Å². The van der Waals surface area contributed by atoms with Crippen molar-refractivity contribution in [2.24, 2.45) is 10.9 Å². The number of ether oxygens (including phenoxy) is 1. The van der Waals surface area contributed by atoms with Crippen LogP contribution in [-0.2, 0) is 0 Å². The van der Waals surface area contributed by atoms with Crippen LogP contribution in [0.2, 0.25) is 0 Å². The van der Waals surface area contributed by atoms with Crippen molar-refractivity contribution in [1.82, 2.24) is 0 Å². The molecule has 3 N–H and O–H groups in total. The molecule has 0 aliphatic heterocycles. The summed E-state index contributed by atoms with van der Waals surface area (Å²) in [6.07, 6.45) is 1.86. The minimum atomic E-state index is 0. The number of nitrogens with two attached hydrogens (primary N) is 1. The van der Waals surface area contributed by atoms with E-state index >= 15 is 0 Å². The predicted octanol–water partition coefficient (Wildman–Crippen LogP) is 1.72. The van der Waals surface area contributed by atoms with Gasteiger partial charge < -0.3 is 15.7 Å². The summed E-state index contributed by atoms with van der Waals surface area (Å²) < 4.78 is 5.08. The monoisotopic (exact) mass is 226 g/mol. The topological polar surface area (TPSA) is 67.8 Å². The quantitative estimate of drug-likeness (QED) is 0.349. The molecule has 0 unspecified atom stereocenters. The molecule has 0 spiro atoms. The molecule has 0 amide bonds. The number of halogens is 1. The Morgan fingerprint density at radius 2 is 2.20 bits per heavy atom. The Hall–Kier alpha value is -1.68. The number of rotatable bonds is 2. The van der Waals surface area contributed by atoms with Crippen molar-refractivity contribution in [1.29, 1.82) is 0 Å². The van der Waals surface area contributed by atoms with Crippen molar-refractivity contribution in [3.8, 4) is 5.75 Å². The van der Waals surface area contributed by atoms with Crippen molar-refractivity contribution in [3.63, 3.8) is 0 Å². The number of methoxy groups -OCH3 is 1. The van der Waals surface area contributed by atoms with Crippen molar-refractivity contribution in [2.75, 3.05) is 7.11 Å². The van der Waals surface area contributed by atoms with Gasteiger partial charge in [-0.25, -0.2) is 0 Å². The second-order valence-corrected chi connectivity index (χ2v) is 3.00. The Morgan fingerprint density at radius 3 is 2.80 bits per heavy atom. The maximum Gasteiger partial charge on any atom is 0.170 e. The average Bonchev–Trinajstić information content (AvgIpc) is 2.19. The van der Waals surface area contributed by atoms with Crippen LogP contribution in [0.4, 0.5) is 0 Å². The zero-order valence-corrected chi connectivity index (χ0v) is 8.91. The maximum atomic E-state index is 8.51. The molecule has 80 valence electrons. The highest BCUT2D eigenvalue weighted by atomic mass is 35.5. The summed E-state index contributed by atoms with van der Waals surface area (Å²) in [5.41, 5.74) is 8.26. The molecule has 0 fully saturated rings. The van der Waals surface area contributed by atoms with E-state index in [4.69, 9.17) is 15.7 Å². The molecule has 1 aromatic rings. The number of hydrogen-bond acceptors (Lipinski definition) is 3. The van der Waals surface area contributed by atoms with Gasteiger partial charge in [-0.2, -0.15) is 0 Å². The predicted molar refractivity (Wildman–Crippen MR) is 61.5 cm³/mol. The fraction of sp³-hybridized carbons (Fsp3) is 0.100. The van der Waals surface area contributed by atoms with Crippen LogP contribution in [0.5, 0.6) is 5.75 Å². The first kappa shape index (κ1) is 11.4. The number of nitrogens with zero attached hydrogens (tertiary/aromatic N) is 1. The van der Waals surface area contributed by atoms with Gasteiger partial charge in [0, 0.05) is 5.57 Å². The summed E-state index contributed by atoms with van der Waals surface area (Å²) in [4.78, 5) is 0. The normalized spacial score (nSPS) is 13.1. The van der Waals surface area contributed by atoms with Crippen LogP contribution in [-0.4, -0.2) is 18.2 Å². The molecule has 5 heteroatoms. The Morgan fingerprint density at radius 1 is 1.47 bits per heavy atom. The van der Waals surface area contributed by atoms with E-state index in [2.05, 4.69) is 5.16 Å². The number of amidine groups is 1. The van der Waals surface area contributed by atoms with E-state index < -0.39 is 0 Å². The molecule has 4 nitrogen and oxygen atoms in total. The lowest BCUT2D eigenvalue weighted by atomic mass is 9.88. The van der Waals surface area contributed by atoms with E-state index in [0.29, 0.717) is 0 Å². The molecular formula is C10H11ClN2O2. The lowest BCUT2D eigenvalue weighted by Gasteiger charge is -2.19. The van der Waals surface area contributed by atoms with Crippen LogP contribution < -0.4 is 10.5 Å². The highest BCUT2D eigenvalue weighted by Gasteiger charge is 2.19. The molecule has 0 saturated carbocycles. The smallest absolute Gasteiger partial charge is 0.170 e. The third-order valence-corrected chi connectivity index (χ3v) is 2.23. The summed E-state index contributed by atoms with van der Waals surface area (Å²) in [5.74, 6) is 0.894. The number of oxime groups is 1. The molecule has 1 aromatic carbocycles. The Balaban J connectivity index is 0.00000112. The van der Waals surface area contributed by atoms with E-state index in [1.165, 1.54) is 0 Å². The van der Waals surface area contributed by atoms with Gasteiger partial charge in [0.15, 0.2) is 5.84 Å². The van der Waals surface area contributed by atoms with E-state index in [-0.39, 0.29) is 18.2 Å². The number of benzene rings is 1. The highest BCUT2D eigenvalue weighted by molar-refractivity contribution is 6.31. The van der Waals surface area contributed by atoms with E-state index in [9.17, 15) is 0 Å². The van der Waals surface area contributed by atoms with Gasteiger partial charge in [-0.05, 0) is 29.3 Å². The third-order valence-electron chi connectivity index (χ3n) is 2.23. The first-order valence-electron chi connectivity index (χ1n) is 4.14. The standard InChI is InChI=1S/C10H10N2O2.ClH/c1-14-7-3-2-6-4-9(8(6)5-7)10(11)12-13;/h2-5,13H,1H3,(H2,11,12);1H. The van der Waals surface area contributed by atoms with Crippen molar-refractivity contribution in [2.45, 2.75) is 0 Å². The van der Waals surface area contributed by atoms with Gasteiger partial charge in [0.1, 0.15) is 5.75 Å². The van der Waals surface area contributed by atoms with Gasteiger partial charge in [0.05, 0.1) is 7.11 Å². The van der Waals surface area contributed by atoms with Gasteiger partial charge >= 0.3 is 0 Å². The number of fused-ring (bicyclic) bond motifs is 1. The first-order chi connectivity index (χ1) is 6.76. The third kappa shape index (κ3) is 1.76. The van der Waals surface area contributed by atoms with Crippen molar-refractivity contribution in [3.05, 3.63) is 29.3 Å². The van der Waals surface area contributed by atoms with Gasteiger partial charge in [-0.3, -0.25) is 0 Å². The SMILES string of the molecule is COc1ccc2c(c1)C(C(N)=NO)=C2.Cl. The first-order valence-corrected chi connectivity index (χ1v) is 4.14. The van der Waals surface area contributed by atoms with Gasteiger partial charge in [-0.15, -0.1) is 12.4 Å². The minimum Gasteiger partial charge on any atom is -0.497 e.